The van der Waals surface area contributed by atoms with Crippen molar-refractivity contribution in [1.82, 2.24) is 0 Å². The third-order valence-corrected chi connectivity index (χ3v) is 1.82. The molecule has 0 spiro atoms. The maximum Gasteiger partial charge on any atom is 0.326 e. The summed E-state index contributed by atoms with van der Waals surface area (Å²) in [6.45, 7) is 1.89. The van der Waals surface area contributed by atoms with Crippen molar-refractivity contribution in [2.24, 2.45) is 0 Å². The van der Waals surface area contributed by atoms with Gasteiger partial charge in [-0.25, -0.2) is 0 Å². The minimum atomic E-state index is -0.834. The van der Waals surface area contributed by atoms with E-state index in [-0.39, 0.29) is 0 Å². The summed E-state index contributed by atoms with van der Waals surface area (Å²) in [6.07, 6.45) is 3.71. The van der Waals surface area contributed by atoms with Gasteiger partial charge in [-0.3, -0.25) is 0 Å². The normalized spacial score (nSPS) is 22.3. The monoisotopic (exact) mass is 158 g/mol. The Hall–Kier alpha value is -0.540. The molecule has 0 amide bonds. The predicted octanol–water partition coefficient (Wildman–Crippen LogP) is 1.65. The van der Waals surface area contributed by atoms with Crippen molar-refractivity contribution in [2.75, 3.05) is 14.2 Å². The van der Waals surface area contributed by atoms with Crippen LogP contribution in [0.25, 0.3) is 0 Å². The number of allylic oxidation sites excluding steroid dienone is 2. The molecule has 1 rings (SSSR count). The fourth-order valence-corrected chi connectivity index (χ4v) is 1.16. The Bertz CT molecular complexity index is 159. The van der Waals surface area contributed by atoms with Gasteiger partial charge in [-0.1, -0.05) is 0 Å². The van der Waals surface area contributed by atoms with E-state index >= 15 is 0 Å². The van der Waals surface area contributed by atoms with Crippen LogP contribution in [0.1, 0.15) is 19.8 Å². The van der Waals surface area contributed by atoms with E-state index in [1.54, 1.807) is 14.2 Å². The molecule has 0 unspecified atom stereocenters. The summed E-state index contributed by atoms with van der Waals surface area (Å²) in [5.41, 5.74) is 0. The Morgan fingerprint density at radius 2 is 2.09 bits per heavy atom. The predicted molar refractivity (Wildman–Crippen MR) is 40.8 cm³/mol. The van der Waals surface area contributed by atoms with Crippen LogP contribution in [0.2, 0.25) is 0 Å². The Balaban J connectivity index is 2.65. The first-order chi connectivity index (χ1) is 5.22. The average Bonchev–Trinajstić information content (AvgIpc) is 2.04. The molecular weight excluding hydrogens is 144 g/mol. The first-order valence-corrected chi connectivity index (χ1v) is 3.68. The standard InChI is InChI=1S/C8H14O3/c1-7-5-4-6-8(9-2,10-3)11-7/h5H,4,6H2,1-3H3. The Kier molecular flexibility index (Phi) is 2.52. The number of methoxy groups -OCH3 is 2. The van der Waals surface area contributed by atoms with E-state index in [1.807, 2.05) is 13.0 Å². The molecule has 0 fully saturated rings. The maximum absolute atomic E-state index is 5.39. The zero-order valence-corrected chi connectivity index (χ0v) is 7.22. The van der Waals surface area contributed by atoms with Crippen molar-refractivity contribution in [3.05, 3.63) is 11.8 Å². The number of rotatable bonds is 2. The van der Waals surface area contributed by atoms with Gasteiger partial charge in [0, 0.05) is 20.6 Å². The van der Waals surface area contributed by atoms with Gasteiger partial charge in [0.2, 0.25) is 0 Å². The zero-order valence-electron chi connectivity index (χ0n) is 7.22. The van der Waals surface area contributed by atoms with Crippen LogP contribution in [0.4, 0.5) is 0 Å². The minimum absolute atomic E-state index is 0.747. The number of hydrogen-bond acceptors (Lipinski definition) is 3. The summed E-state index contributed by atoms with van der Waals surface area (Å²) in [6, 6.07) is 0. The van der Waals surface area contributed by atoms with E-state index in [2.05, 4.69) is 0 Å². The van der Waals surface area contributed by atoms with E-state index in [0.29, 0.717) is 0 Å². The van der Waals surface area contributed by atoms with Gasteiger partial charge in [0.15, 0.2) is 0 Å². The second kappa shape index (κ2) is 3.24. The van der Waals surface area contributed by atoms with E-state index in [9.17, 15) is 0 Å². The van der Waals surface area contributed by atoms with Crippen LogP contribution in [0.15, 0.2) is 11.8 Å². The van der Waals surface area contributed by atoms with E-state index in [4.69, 9.17) is 14.2 Å². The second-order valence-electron chi connectivity index (χ2n) is 2.55. The maximum atomic E-state index is 5.39. The first-order valence-electron chi connectivity index (χ1n) is 3.68. The molecule has 3 heteroatoms. The fraction of sp³-hybridized carbons (Fsp3) is 0.750. The molecule has 0 aromatic heterocycles. The van der Waals surface area contributed by atoms with Crippen LogP contribution in [0.5, 0.6) is 0 Å². The third kappa shape index (κ3) is 1.73. The first kappa shape index (κ1) is 8.56. The molecule has 0 saturated carbocycles. The minimum Gasteiger partial charge on any atom is -0.444 e. The highest BCUT2D eigenvalue weighted by atomic mass is 16.9. The smallest absolute Gasteiger partial charge is 0.326 e. The van der Waals surface area contributed by atoms with Crippen LogP contribution in [0, 0.1) is 0 Å². The molecule has 0 aromatic rings. The molecule has 3 nitrogen and oxygen atoms in total. The number of hydrogen-bond donors (Lipinski definition) is 0. The molecule has 0 bridgehead atoms. The van der Waals surface area contributed by atoms with Crippen LogP contribution in [-0.4, -0.2) is 20.2 Å². The molecule has 0 atom stereocenters. The summed E-state index contributed by atoms with van der Waals surface area (Å²) in [4.78, 5) is 0. The molecule has 0 radical (unpaired) electrons. The lowest BCUT2D eigenvalue weighted by atomic mass is 10.2. The molecular formula is C8H14O3. The van der Waals surface area contributed by atoms with Gasteiger partial charge in [-0.05, 0) is 19.4 Å². The second-order valence-corrected chi connectivity index (χ2v) is 2.55. The molecule has 0 N–H and O–H groups in total. The molecule has 0 aliphatic carbocycles. The quantitative estimate of drug-likeness (QED) is 0.572. The van der Waals surface area contributed by atoms with E-state index in [1.165, 1.54) is 0 Å². The molecule has 1 aliphatic rings. The lowest BCUT2D eigenvalue weighted by Gasteiger charge is -2.33. The third-order valence-electron chi connectivity index (χ3n) is 1.82. The Morgan fingerprint density at radius 1 is 1.45 bits per heavy atom. The van der Waals surface area contributed by atoms with Crippen molar-refractivity contribution < 1.29 is 14.2 Å². The SMILES string of the molecule is COC1(OC)CCC=C(C)O1. The van der Waals surface area contributed by atoms with Gasteiger partial charge in [-0.15, -0.1) is 0 Å². The van der Waals surface area contributed by atoms with Crippen molar-refractivity contribution in [3.8, 4) is 0 Å². The largest absolute Gasteiger partial charge is 0.444 e. The van der Waals surface area contributed by atoms with E-state index in [0.717, 1.165) is 18.6 Å². The fourth-order valence-electron chi connectivity index (χ4n) is 1.16. The highest BCUT2D eigenvalue weighted by Gasteiger charge is 2.33. The highest BCUT2D eigenvalue weighted by molar-refractivity contribution is 4.94. The van der Waals surface area contributed by atoms with E-state index < -0.39 is 5.97 Å². The summed E-state index contributed by atoms with van der Waals surface area (Å²) >= 11 is 0. The van der Waals surface area contributed by atoms with Crippen molar-refractivity contribution in [3.63, 3.8) is 0 Å². The van der Waals surface area contributed by atoms with Crippen molar-refractivity contribution >= 4 is 0 Å². The molecule has 0 saturated heterocycles. The molecule has 64 valence electrons. The van der Waals surface area contributed by atoms with Gasteiger partial charge in [0.05, 0.1) is 5.76 Å². The molecule has 11 heavy (non-hydrogen) atoms. The summed E-state index contributed by atoms with van der Waals surface area (Å²) in [5.74, 6) is 0.0266. The van der Waals surface area contributed by atoms with Gasteiger partial charge in [0.25, 0.3) is 0 Å². The summed E-state index contributed by atoms with van der Waals surface area (Å²) < 4.78 is 15.6. The van der Waals surface area contributed by atoms with Crippen molar-refractivity contribution in [2.45, 2.75) is 25.7 Å². The molecule has 0 aromatic carbocycles. The van der Waals surface area contributed by atoms with Crippen LogP contribution >= 0.6 is 0 Å². The summed E-state index contributed by atoms with van der Waals surface area (Å²) in [5, 5.41) is 0. The zero-order chi connectivity index (χ0) is 8.32. The summed E-state index contributed by atoms with van der Waals surface area (Å²) in [7, 11) is 3.17. The lowest BCUT2D eigenvalue weighted by molar-refractivity contribution is -0.353. The van der Waals surface area contributed by atoms with Crippen molar-refractivity contribution in [1.29, 1.82) is 0 Å². The Morgan fingerprint density at radius 3 is 2.45 bits per heavy atom. The average molecular weight is 158 g/mol. The lowest BCUT2D eigenvalue weighted by Crippen LogP contribution is -2.38. The van der Waals surface area contributed by atoms with Gasteiger partial charge in [0.1, 0.15) is 0 Å². The topological polar surface area (TPSA) is 27.7 Å². The molecule has 1 heterocycles. The Labute approximate surface area is 66.9 Å². The molecule has 1 aliphatic heterocycles. The van der Waals surface area contributed by atoms with Crippen LogP contribution in [0.3, 0.4) is 0 Å². The number of ether oxygens (including phenoxy) is 3. The van der Waals surface area contributed by atoms with Gasteiger partial charge >= 0.3 is 5.97 Å². The van der Waals surface area contributed by atoms with Crippen LogP contribution in [-0.2, 0) is 14.2 Å². The van der Waals surface area contributed by atoms with Crippen LogP contribution < -0.4 is 0 Å². The van der Waals surface area contributed by atoms with Gasteiger partial charge in [-0.2, -0.15) is 0 Å². The highest BCUT2D eigenvalue weighted by Crippen LogP contribution is 2.28. The van der Waals surface area contributed by atoms with Gasteiger partial charge < -0.3 is 14.2 Å².